The Balaban J connectivity index is 1.40. The zero-order chi connectivity index (χ0) is 38.7. The monoisotopic (exact) mass is 739 g/mol. The van der Waals surface area contributed by atoms with E-state index in [-0.39, 0.29) is 24.8 Å². The van der Waals surface area contributed by atoms with Gasteiger partial charge < -0.3 is 24.5 Å². The number of piperazine rings is 1. The molecular formula is C43H48F3N5O3. The number of amides is 3. The van der Waals surface area contributed by atoms with Crippen molar-refractivity contribution in [2.45, 2.75) is 38.7 Å². The van der Waals surface area contributed by atoms with Gasteiger partial charge in [0.1, 0.15) is 6.04 Å². The van der Waals surface area contributed by atoms with Crippen LogP contribution in [0.4, 0.5) is 18.9 Å². The van der Waals surface area contributed by atoms with Gasteiger partial charge >= 0.3 is 6.18 Å². The summed E-state index contributed by atoms with van der Waals surface area (Å²) in [6.07, 6.45) is -1.40. The summed E-state index contributed by atoms with van der Waals surface area (Å²) in [6, 6.07) is 31.2. The van der Waals surface area contributed by atoms with Crippen molar-refractivity contribution in [3.05, 3.63) is 143 Å². The molecule has 3 amide bonds. The SMILES string of the molecule is CC(=O)N1CCN(c2ccc(CN(C(=O)/C=C/c3ccc(C(F)(F)F)cc3)[C@@H](Cc3ccccc3)C(=O)N(C)CCN(C)Cc3ccccc3)cc2)CC1. The van der Waals surface area contributed by atoms with E-state index < -0.39 is 23.7 Å². The third-order valence-electron chi connectivity index (χ3n) is 9.74. The molecule has 284 valence electrons. The van der Waals surface area contributed by atoms with E-state index in [1.165, 1.54) is 24.3 Å². The van der Waals surface area contributed by atoms with E-state index in [4.69, 9.17) is 0 Å². The van der Waals surface area contributed by atoms with E-state index in [1.54, 1.807) is 23.8 Å². The van der Waals surface area contributed by atoms with E-state index in [2.05, 4.69) is 21.9 Å². The van der Waals surface area contributed by atoms with Gasteiger partial charge in [0.15, 0.2) is 0 Å². The molecular weight excluding hydrogens is 691 g/mol. The van der Waals surface area contributed by atoms with Crippen molar-refractivity contribution < 1.29 is 27.6 Å². The van der Waals surface area contributed by atoms with Gasteiger partial charge in [0, 0.05) is 84.5 Å². The number of carbonyl (C=O) groups is 3. The third-order valence-corrected chi connectivity index (χ3v) is 9.74. The Bertz CT molecular complexity index is 1840. The highest BCUT2D eigenvalue weighted by Gasteiger charge is 2.32. The second-order valence-corrected chi connectivity index (χ2v) is 13.8. The van der Waals surface area contributed by atoms with E-state index in [0.29, 0.717) is 44.8 Å². The van der Waals surface area contributed by atoms with E-state index in [0.717, 1.165) is 41.1 Å². The zero-order valence-corrected chi connectivity index (χ0v) is 31.1. The topological polar surface area (TPSA) is 67.4 Å². The fourth-order valence-corrected chi connectivity index (χ4v) is 6.50. The van der Waals surface area contributed by atoms with Crippen molar-refractivity contribution in [1.29, 1.82) is 0 Å². The van der Waals surface area contributed by atoms with Crippen LogP contribution in [0.15, 0.2) is 115 Å². The normalized spacial score (nSPS) is 14.0. The average molecular weight is 740 g/mol. The van der Waals surface area contributed by atoms with Crippen molar-refractivity contribution in [3.8, 4) is 0 Å². The molecule has 0 spiro atoms. The summed E-state index contributed by atoms with van der Waals surface area (Å²) in [5.74, 6) is -0.599. The van der Waals surface area contributed by atoms with Gasteiger partial charge in [-0.25, -0.2) is 0 Å². The van der Waals surface area contributed by atoms with Crippen LogP contribution in [-0.2, 0) is 40.1 Å². The first-order chi connectivity index (χ1) is 25.9. The van der Waals surface area contributed by atoms with E-state index in [9.17, 15) is 27.6 Å². The maximum absolute atomic E-state index is 14.4. The van der Waals surface area contributed by atoms with Gasteiger partial charge in [-0.2, -0.15) is 13.2 Å². The van der Waals surface area contributed by atoms with Gasteiger partial charge in [0.05, 0.1) is 5.56 Å². The molecule has 5 rings (SSSR count). The Morgan fingerprint density at radius 1 is 0.722 bits per heavy atom. The number of carbonyl (C=O) groups excluding carboxylic acids is 3. The Kier molecular flexibility index (Phi) is 13.7. The Morgan fingerprint density at radius 2 is 1.30 bits per heavy atom. The third kappa shape index (κ3) is 11.3. The largest absolute Gasteiger partial charge is 0.416 e. The van der Waals surface area contributed by atoms with Crippen molar-refractivity contribution >= 4 is 29.5 Å². The van der Waals surface area contributed by atoms with Crippen molar-refractivity contribution in [2.75, 3.05) is 58.3 Å². The molecule has 4 aromatic carbocycles. The number of anilines is 1. The van der Waals surface area contributed by atoms with Gasteiger partial charge in [-0.15, -0.1) is 0 Å². The minimum absolute atomic E-state index is 0.0616. The summed E-state index contributed by atoms with van der Waals surface area (Å²) in [7, 11) is 3.75. The van der Waals surface area contributed by atoms with Crippen LogP contribution in [0.1, 0.15) is 34.7 Å². The van der Waals surface area contributed by atoms with Crippen LogP contribution in [0.2, 0.25) is 0 Å². The lowest BCUT2D eigenvalue weighted by Crippen LogP contribution is -2.51. The molecule has 4 aromatic rings. The number of halogens is 3. The molecule has 1 fully saturated rings. The first-order valence-corrected chi connectivity index (χ1v) is 18.1. The Hall–Kier alpha value is -5.42. The molecule has 8 nitrogen and oxygen atoms in total. The molecule has 0 N–H and O–H groups in total. The summed E-state index contributed by atoms with van der Waals surface area (Å²) < 4.78 is 39.6. The molecule has 0 radical (unpaired) electrons. The smallest absolute Gasteiger partial charge is 0.368 e. The standard InChI is InChI=1S/C43H48F3N5O3/c1-33(52)49-26-28-50(29-27-49)39-21-16-37(17-22-39)32-51(41(53)23-18-34-14-19-38(20-15-34)43(44,45)46)40(30-35-10-6-4-7-11-35)42(54)48(3)25-24-47(2)31-36-12-8-5-9-13-36/h4-23,40H,24-32H2,1-3H3/b23-18+/t40-/m0/s1. The van der Waals surface area contributed by atoms with Gasteiger partial charge in [-0.3, -0.25) is 14.4 Å². The molecule has 1 atom stereocenters. The Labute approximate surface area is 316 Å². The highest BCUT2D eigenvalue weighted by molar-refractivity contribution is 5.95. The number of alkyl halides is 3. The first kappa shape index (κ1) is 39.8. The molecule has 0 aliphatic carbocycles. The summed E-state index contributed by atoms with van der Waals surface area (Å²) in [5.41, 5.74) is 3.51. The van der Waals surface area contributed by atoms with Crippen LogP contribution in [0, 0.1) is 0 Å². The van der Waals surface area contributed by atoms with Gasteiger partial charge in [-0.1, -0.05) is 84.9 Å². The van der Waals surface area contributed by atoms with Crippen LogP contribution in [0.3, 0.4) is 0 Å². The highest BCUT2D eigenvalue weighted by Crippen LogP contribution is 2.29. The van der Waals surface area contributed by atoms with Gasteiger partial charge in [0.25, 0.3) is 0 Å². The van der Waals surface area contributed by atoms with Crippen molar-refractivity contribution in [1.82, 2.24) is 19.6 Å². The zero-order valence-electron chi connectivity index (χ0n) is 31.1. The van der Waals surface area contributed by atoms with E-state index >= 15 is 0 Å². The van der Waals surface area contributed by atoms with E-state index in [1.807, 2.05) is 84.7 Å². The molecule has 11 heteroatoms. The molecule has 0 unspecified atom stereocenters. The number of hydrogen-bond acceptors (Lipinski definition) is 5. The van der Waals surface area contributed by atoms with Gasteiger partial charge in [0.2, 0.25) is 17.7 Å². The van der Waals surface area contributed by atoms with Crippen LogP contribution >= 0.6 is 0 Å². The highest BCUT2D eigenvalue weighted by atomic mass is 19.4. The summed E-state index contributed by atoms with van der Waals surface area (Å²) in [4.78, 5) is 49.9. The summed E-state index contributed by atoms with van der Waals surface area (Å²) in [5, 5.41) is 0. The summed E-state index contributed by atoms with van der Waals surface area (Å²) >= 11 is 0. The quantitative estimate of drug-likeness (QED) is 0.136. The molecule has 54 heavy (non-hydrogen) atoms. The number of rotatable bonds is 14. The predicted octanol–water partition coefficient (Wildman–Crippen LogP) is 6.62. The van der Waals surface area contributed by atoms with Crippen LogP contribution in [-0.4, -0.2) is 96.7 Å². The number of benzene rings is 4. The second-order valence-electron chi connectivity index (χ2n) is 13.8. The van der Waals surface area contributed by atoms with Crippen LogP contribution in [0.25, 0.3) is 6.08 Å². The molecule has 1 heterocycles. The molecule has 0 saturated carbocycles. The fraction of sp³-hybridized carbons (Fsp3) is 0.326. The summed E-state index contributed by atoms with van der Waals surface area (Å²) in [6.45, 7) is 6.16. The van der Waals surface area contributed by atoms with Crippen LogP contribution < -0.4 is 4.90 Å². The lowest BCUT2D eigenvalue weighted by Gasteiger charge is -2.36. The molecule has 1 saturated heterocycles. The maximum Gasteiger partial charge on any atom is 0.416 e. The minimum atomic E-state index is -4.47. The minimum Gasteiger partial charge on any atom is -0.368 e. The first-order valence-electron chi connectivity index (χ1n) is 18.1. The number of likely N-dealkylation sites (N-methyl/N-ethyl adjacent to an activating group) is 2. The number of hydrogen-bond donors (Lipinski definition) is 0. The lowest BCUT2D eigenvalue weighted by atomic mass is 10.0. The molecule has 0 aromatic heterocycles. The van der Waals surface area contributed by atoms with Gasteiger partial charge in [-0.05, 0) is 59.6 Å². The van der Waals surface area contributed by atoms with Crippen LogP contribution in [0.5, 0.6) is 0 Å². The Morgan fingerprint density at radius 3 is 1.87 bits per heavy atom. The lowest BCUT2D eigenvalue weighted by molar-refractivity contribution is -0.143. The average Bonchev–Trinajstić information content (AvgIpc) is 3.18. The van der Waals surface area contributed by atoms with Crippen molar-refractivity contribution in [2.24, 2.45) is 0 Å². The molecule has 1 aliphatic rings. The maximum atomic E-state index is 14.4. The molecule has 0 bridgehead atoms. The fourth-order valence-electron chi connectivity index (χ4n) is 6.50. The predicted molar refractivity (Wildman–Crippen MR) is 206 cm³/mol. The number of nitrogens with zero attached hydrogens (tertiary/aromatic N) is 5. The second kappa shape index (κ2) is 18.6. The van der Waals surface area contributed by atoms with Crippen molar-refractivity contribution in [3.63, 3.8) is 0 Å². The molecule has 1 aliphatic heterocycles.